The number of carbonyl (C=O) groups excluding carboxylic acids is 2. The molecule has 0 heterocycles. The number of allylic oxidation sites excluding steroid dienone is 4. The van der Waals surface area contributed by atoms with Gasteiger partial charge in [-0.15, -0.1) is 11.8 Å². The fourth-order valence-corrected chi connectivity index (χ4v) is 3.59. The maximum absolute atomic E-state index is 11.6. The average Bonchev–Trinajstić information content (AvgIpc) is 2.27. The standard InChI is InChI=1S/C8H5Cl3O5S2/c9-3-4(10)7(13)8(5(11)6(3)12)17-1-2-18(14,15)16/h1-2H2,(H,14,15,16)/p-1. The van der Waals surface area contributed by atoms with E-state index in [1.54, 1.807) is 0 Å². The number of thioether (sulfide) groups is 1. The van der Waals surface area contributed by atoms with Crippen LogP contribution >= 0.6 is 46.6 Å². The fraction of sp³-hybridized carbons (Fsp3) is 0.250. The number of halogens is 3. The van der Waals surface area contributed by atoms with E-state index < -0.39 is 42.5 Å². The quantitative estimate of drug-likeness (QED) is 0.564. The summed E-state index contributed by atoms with van der Waals surface area (Å²) >= 11 is 17.3. The van der Waals surface area contributed by atoms with Crippen LogP contribution in [0.2, 0.25) is 0 Å². The first-order valence-corrected chi connectivity index (χ1v) is 7.95. The zero-order valence-corrected chi connectivity index (χ0v) is 12.3. The van der Waals surface area contributed by atoms with Crippen molar-refractivity contribution in [1.82, 2.24) is 0 Å². The van der Waals surface area contributed by atoms with Crippen LogP contribution in [0.4, 0.5) is 0 Å². The van der Waals surface area contributed by atoms with Gasteiger partial charge in [0.05, 0.1) is 15.0 Å². The Bertz CT molecular complexity index is 576. The molecule has 0 saturated carbocycles. The Morgan fingerprint density at radius 2 is 1.50 bits per heavy atom. The minimum absolute atomic E-state index is 0.209. The van der Waals surface area contributed by atoms with Crippen LogP contribution in [0.3, 0.4) is 0 Å². The lowest BCUT2D eigenvalue weighted by Gasteiger charge is -2.14. The molecule has 0 spiro atoms. The second kappa shape index (κ2) is 5.94. The van der Waals surface area contributed by atoms with Crippen LogP contribution < -0.4 is 0 Å². The Morgan fingerprint density at radius 3 is 2.00 bits per heavy atom. The van der Waals surface area contributed by atoms with E-state index in [1.165, 1.54) is 0 Å². The molecule has 0 aromatic heterocycles. The van der Waals surface area contributed by atoms with Gasteiger partial charge in [0.25, 0.3) is 0 Å². The lowest BCUT2D eigenvalue weighted by molar-refractivity contribution is -0.114. The molecule has 0 radical (unpaired) electrons. The average molecular weight is 351 g/mol. The highest BCUT2D eigenvalue weighted by atomic mass is 35.5. The summed E-state index contributed by atoms with van der Waals surface area (Å²) < 4.78 is 31.2. The van der Waals surface area contributed by atoms with Crippen molar-refractivity contribution in [3.63, 3.8) is 0 Å². The highest BCUT2D eigenvalue weighted by Gasteiger charge is 2.32. The van der Waals surface area contributed by atoms with Crippen LogP contribution in [0.1, 0.15) is 0 Å². The molecule has 0 aromatic rings. The van der Waals surface area contributed by atoms with Gasteiger partial charge in [0.15, 0.2) is 0 Å². The molecule has 0 atom stereocenters. The lowest BCUT2D eigenvalue weighted by atomic mass is 10.1. The summed E-state index contributed by atoms with van der Waals surface area (Å²) in [6.07, 6.45) is 0. The molecule has 0 aromatic carbocycles. The van der Waals surface area contributed by atoms with E-state index in [1.807, 2.05) is 0 Å². The number of ketones is 2. The van der Waals surface area contributed by atoms with E-state index in [4.69, 9.17) is 34.8 Å². The summed E-state index contributed by atoms with van der Waals surface area (Å²) in [6, 6.07) is 0. The molecule has 0 fully saturated rings. The Morgan fingerprint density at radius 1 is 1.00 bits per heavy atom. The van der Waals surface area contributed by atoms with Crippen molar-refractivity contribution in [3.05, 3.63) is 20.0 Å². The SMILES string of the molecule is O=C1C(Cl)=C(Cl)C(=O)C(SCCS(=O)(=O)[O-])=C1Cl. The van der Waals surface area contributed by atoms with Crippen molar-refractivity contribution in [3.8, 4) is 0 Å². The monoisotopic (exact) mass is 349 g/mol. The molecular weight excluding hydrogens is 347 g/mol. The summed E-state index contributed by atoms with van der Waals surface area (Å²) in [6.45, 7) is 0. The maximum Gasteiger partial charge on any atom is 0.218 e. The van der Waals surface area contributed by atoms with Crippen molar-refractivity contribution in [2.45, 2.75) is 0 Å². The van der Waals surface area contributed by atoms with E-state index >= 15 is 0 Å². The molecule has 0 bridgehead atoms. The number of hydrogen-bond donors (Lipinski definition) is 0. The molecule has 0 amide bonds. The third kappa shape index (κ3) is 3.72. The van der Waals surface area contributed by atoms with Gasteiger partial charge < -0.3 is 4.55 Å². The molecule has 0 saturated heterocycles. The number of rotatable bonds is 4. The van der Waals surface area contributed by atoms with Crippen molar-refractivity contribution in [1.29, 1.82) is 0 Å². The van der Waals surface area contributed by atoms with Crippen LogP contribution in [0.5, 0.6) is 0 Å². The summed E-state index contributed by atoms with van der Waals surface area (Å²) in [5.41, 5.74) is 0. The van der Waals surface area contributed by atoms with Crippen molar-refractivity contribution < 1.29 is 22.6 Å². The smallest absolute Gasteiger partial charge is 0.218 e. The second-order valence-corrected chi connectivity index (χ2v) is 6.80. The van der Waals surface area contributed by atoms with Gasteiger partial charge in [-0.2, -0.15) is 0 Å². The van der Waals surface area contributed by atoms with E-state index in [-0.39, 0.29) is 10.7 Å². The van der Waals surface area contributed by atoms with Crippen molar-refractivity contribution >= 4 is 68.2 Å². The summed E-state index contributed by atoms with van der Waals surface area (Å²) in [4.78, 5) is 22.9. The molecule has 0 N–H and O–H groups in total. The van der Waals surface area contributed by atoms with Gasteiger partial charge in [0, 0.05) is 11.5 Å². The van der Waals surface area contributed by atoms with Gasteiger partial charge in [-0.25, -0.2) is 8.42 Å². The number of Topliss-reactive ketones (excluding diaryl/α,β-unsaturated/α-hetero) is 2. The number of carbonyl (C=O) groups is 2. The molecule has 0 unspecified atom stereocenters. The first-order chi connectivity index (χ1) is 8.15. The molecule has 100 valence electrons. The van der Waals surface area contributed by atoms with E-state index in [2.05, 4.69) is 0 Å². The summed E-state index contributed by atoms with van der Waals surface area (Å²) in [5, 5.41) is -1.38. The highest BCUT2D eigenvalue weighted by Crippen LogP contribution is 2.36. The highest BCUT2D eigenvalue weighted by molar-refractivity contribution is 8.04. The van der Waals surface area contributed by atoms with Gasteiger partial charge in [-0.1, -0.05) is 34.8 Å². The van der Waals surface area contributed by atoms with Gasteiger partial charge in [-0.05, 0) is 0 Å². The van der Waals surface area contributed by atoms with Crippen molar-refractivity contribution in [2.75, 3.05) is 11.5 Å². The first-order valence-electron chi connectivity index (χ1n) is 4.26. The molecule has 1 aliphatic rings. The second-order valence-electron chi connectivity index (χ2n) is 3.04. The van der Waals surface area contributed by atoms with Crippen LogP contribution in [-0.2, 0) is 19.7 Å². The van der Waals surface area contributed by atoms with Crippen LogP contribution in [0.15, 0.2) is 20.0 Å². The van der Waals surface area contributed by atoms with Gasteiger partial charge in [0.1, 0.15) is 15.1 Å². The van der Waals surface area contributed by atoms with Crippen molar-refractivity contribution in [2.24, 2.45) is 0 Å². The molecule has 18 heavy (non-hydrogen) atoms. The molecule has 10 heteroatoms. The van der Waals surface area contributed by atoms with Crippen LogP contribution in [-0.4, -0.2) is 36.0 Å². The normalized spacial score (nSPS) is 17.8. The van der Waals surface area contributed by atoms with E-state index in [0.717, 1.165) is 0 Å². The third-order valence-electron chi connectivity index (χ3n) is 1.78. The Labute approximate surface area is 122 Å². The van der Waals surface area contributed by atoms with Crippen LogP contribution in [0.25, 0.3) is 0 Å². The minimum Gasteiger partial charge on any atom is -0.748 e. The Kier molecular flexibility index (Phi) is 5.28. The maximum atomic E-state index is 11.6. The largest absolute Gasteiger partial charge is 0.748 e. The lowest BCUT2D eigenvalue weighted by Crippen LogP contribution is -2.17. The third-order valence-corrected chi connectivity index (χ3v) is 5.12. The topological polar surface area (TPSA) is 91.3 Å². The molecule has 5 nitrogen and oxygen atoms in total. The summed E-state index contributed by atoms with van der Waals surface area (Å²) in [5.74, 6) is -2.48. The summed E-state index contributed by atoms with van der Waals surface area (Å²) in [7, 11) is -4.40. The molecule has 1 rings (SSSR count). The van der Waals surface area contributed by atoms with E-state index in [0.29, 0.717) is 11.8 Å². The fourth-order valence-electron chi connectivity index (χ4n) is 0.973. The molecule has 1 aliphatic carbocycles. The zero-order chi connectivity index (χ0) is 14.1. The predicted molar refractivity (Wildman–Crippen MR) is 68.6 cm³/mol. The minimum atomic E-state index is -4.40. The van der Waals surface area contributed by atoms with E-state index in [9.17, 15) is 22.6 Å². The van der Waals surface area contributed by atoms with Gasteiger partial charge in [0.2, 0.25) is 11.6 Å². The Hall–Kier alpha value is -0.0500. The first kappa shape index (κ1) is 16.0. The van der Waals surface area contributed by atoms with Crippen LogP contribution in [0, 0.1) is 0 Å². The molecular formula is C8H4Cl3O5S2-. The predicted octanol–water partition coefficient (Wildman–Crippen LogP) is 1.56. The zero-order valence-electron chi connectivity index (χ0n) is 8.41. The van der Waals surface area contributed by atoms with Gasteiger partial charge >= 0.3 is 0 Å². The van der Waals surface area contributed by atoms with Gasteiger partial charge in [-0.3, -0.25) is 9.59 Å². The Balaban J connectivity index is 2.89. The number of hydrogen-bond acceptors (Lipinski definition) is 6. The molecule has 0 aliphatic heterocycles.